The van der Waals surface area contributed by atoms with Gasteiger partial charge in [0, 0.05) is 36.1 Å². The molecule has 3 rings (SSSR count). The Bertz CT molecular complexity index is 420. The molecule has 2 unspecified atom stereocenters. The number of rotatable bonds is 2. The minimum Gasteiger partial charge on any atom is -0.490 e. The summed E-state index contributed by atoms with van der Waals surface area (Å²) in [6, 6.07) is 2.18. The van der Waals surface area contributed by atoms with Crippen molar-refractivity contribution >= 4 is 0 Å². The van der Waals surface area contributed by atoms with Gasteiger partial charge in [0.15, 0.2) is 0 Å². The predicted molar refractivity (Wildman–Crippen MR) is 66.8 cm³/mol. The van der Waals surface area contributed by atoms with Crippen LogP contribution < -0.4 is 14.8 Å². The maximum Gasteiger partial charge on any atom is 0.128 e. The highest BCUT2D eigenvalue weighted by Gasteiger charge is 2.30. The fourth-order valence-corrected chi connectivity index (χ4v) is 2.88. The first-order valence-corrected chi connectivity index (χ1v) is 6.34. The lowest BCUT2D eigenvalue weighted by molar-refractivity contribution is 0.251. The molecular formula is C14H19NO2. The third-order valence-electron chi connectivity index (χ3n) is 3.53. The van der Waals surface area contributed by atoms with E-state index in [0.717, 1.165) is 30.9 Å². The summed E-state index contributed by atoms with van der Waals surface area (Å²) >= 11 is 0. The van der Waals surface area contributed by atoms with E-state index in [-0.39, 0.29) is 0 Å². The molecule has 0 saturated carbocycles. The highest BCUT2D eigenvalue weighted by Crippen LogP contribution is 2.43. The van der Waals surface area contributed by atoms with E-state index in [1.807, 2.05) is 7.05 Å². The van der Waals surface area contributed by atoms with Crippen molar-refractivity contribution in [1.82, 2.24) is 5.32 Å². The molecule has 0 radical (unpaired) electrons. The van der Waals surface area contributed by atoms with Crippen LogP contribution in [0.25, 0.3) is 0 Å². The number of nitrogens with one attached hydrogen (secondary N) is 1. The summed E-state index contributed by atoms with van der Waals surface area (Å²) in [6.45, 7) is 5.10. The van der Waals surface area contributed by atoms with Gasteiger partial charge in [-0.1, -0.05) is 0 Å². The van der Waals surface area contributed by atoms with Crippen molar-refractivity contribution in [1.29, 1.82) is 0 Å². The fraction of sp³-hybridized carbons (Fsp3) is 0.571. The monoisotopic (exact) mass is 233 g/mol. The van der Waals surface area contributed by atoms with Crippen molar-refractivity contribution in [3.63, 3.8) is 0 Å². The normalized spacial score (nSPS) is 25.1. The Morgan fingerprint density at radius 3 is 2.76 bits per heavy atom. The first-order valence-electron chi connectivity index (χ1n) is 6.34. The van der Waals surface area contributed by atoms with Gasteiger partial charge < -0.3 is 14.8 Å². The number of hydrogen-bond acceptors (Lipinski definition) is 3. The fourth-order valence-electron chi connectivity index (χ4n) is 2.88. The molecule has 0 bridgehead atoms. The summed E-state index contributed by atoms with van der Waals surface area (Å²) in [5, 5.41) is 3.24. The van der Waals surface area contributed by atoms with Gasteiger partial charge in [-0.15, -0.1) is 0 Å². The minimum absolute atomic E-state index is 0.292. The van der Waals surface area contributed by atoms with Crippen LogP contribution in [0, 0.1) is 0 Å². The van der Waals surface area contributed by atoms with Gasteiger partial charge in [-0.3, -0.25) is 0 Å². The summed E-state index contributed by atoms with van der Waals surface area (Å²) in [5.74, 6) is 2.17. The van der Waals surface area contributed by atoms with Crippen LogP contribution in [-0.4, -0.2) is 19.3 Å². The second kappa shape index (κ2) is 3.91. The van der Waals surface area contributed by atoms with Gasteiger partial charge in [0.1, 0.15) is 23.7 Å². The molecule has 2 heterocycles. The second-order valence-corrected chi connectivity index (χ2v) is 5.12. The molecule has 0 amide bonds. The van der Waals surface area contributed by atoms with Crippen LogP contribution in [0.15, 0.2) is 6.07 Å². The Balaban J connectivity index is 2.11. The van der Waals surface area contributed by atoms with Crippen LogP contribution in [0.5, 0.6) is 11.5 Å². The Hall–Kier alpha value is -1.22. The van der Waals surface area contributed by atoms with E-state index >= 15 is 0 Å². The quantitative estimate of drug-likeness (QED) is 0.848. The first kappa shape index (κ1) is 10.9. The zero-order valence-corrected chi connectivity index (χ0v) is 10.7. The van der Waals surface area contributed by atoms with Crippen LogP contribution in [0.2, 0.25) is 0 Å². The molecule has 1 aromatic rings. The molecule has 17 heavy (non-hydrogen) atoms. The van der Waals surface area contributed by atoms with Crippen LogP contribution in [0.3, 0.4) is 0 Å². The Labute approximate surface area is 102 Å². The lowest BCUT2D eigenvalue weighted by atomic mass is 9.98. The molecule has 92 valence electrons. The van der Waals surface area contributed by atoms with Crippen LogP contribution in [0.1, 0.15) is 30.5 Å². The summed E-state index contributed by atoms with van der Waals surface area (Å²) in [7, 11) is 1.98. The molecule has 1 N–H and O–H groups in total. The van der Waals surface area contributed by atoms with Crippen molar-refractivity contribution in [2.24, 2.45) is 0 Å². The average Bonchev–Trinajstić information content (AvgIpc) is 2.79. The minimum atomic E-state index is 0.292. The highest BCUT2D eigenvalue weighted by atomic mass is 16.5. The van der Waals surface area contributed by atoms with Crippen LogP contribution in [-0.2, 0) is 19.4 Å². The third-order valence-corrected chi connectivity index (χ3v) is 3.53. The van der Waals surface area contributed by atoms with E-state index in [1.54, 1.807) is 0 Å². The summed E-state index contributed by atoms with van der Waals surface area (Å²) in [4.78, 5) is 0. The molecule has 3 heteroatoms. The molecule has 1 aromatic carbocycles. The smallest absolute Gasteiger partial charge is 0.128 e. The topological polar surface area (TPSA) is 30.5 Å². The molecule has 0 saturated heterocycles. The lowest BCUT2D eigenvalue weighted by Crippen LogP contribution is -2.11. The van der Waals surface area contributed by atoms with Crippen molar-refractivity contribution in [2.75, 3.05) is 7.05 Å². The summed E-state index contributed by atoms with van der Waals surface area (Å²) in [6.07, 6.45) is 2.58. The van der Waals surface area contributed by atoms with Crippen LogP contribution in [0.4, 0.5) is 0 Å². The SMILES string of the molecule is CNCc1c2c(cc3c1OC(C)C3)OC(C)C2. The summed E-state index contributed by atoms with van der Waals surface area (Å²) in [5.41, 5.74) is 3.93. The van der Waals surface area contributed by atoms with Gasteiger partial charge in [-0.05, 0) is 27.0 Å². The number of benzene rings is 1. The zero-order valence-electron chi connectivity index (χ0n) is 10.7. The van der Waals surface area contributed by atoms with Crippen molar-refractivity contribution in [3.05, 3.63) is 22.8 Å². The molecule has 2 aliphatic rings. The van der Waals surface area contributed by atoms with Gasteiger partial charge in [0.25, 0.3) is 0 Å². The standard InChI is InChI=1S/C14H19NO2/c1-8-4-10-6-13-11(5-9(2)16-13)12(7-15-3)14(10)17-8/h6,8-9,15H,4-5,7H2,1-3H3. The molecule has 2 atom stereocenters. The Morgan fingerprint density at radius 1 is 1.24 bits per heavy atom. The van der Waals surface area contributed by atoms with E-state index in [1.165, 1.54) is 16.7 Å². The van der Waals surface area contributed by atoms with Gasteiger partial charge in [-0.2, -0.15) is 0 Å². The third kappa shape index (κ3) is 1.69. The molecule has 0 aromatic heterocycles. The van der Waals surface area contributed by atoms with E-state index in [2.05, 4.69) is 25.2 Å². The first-order chi connectivity index (χ1) is 8.19. The molecule has 0 aliphatic carbocycles. The average molecular weight is 233 g/mol. The maximum atomic E-state index is 5.96. The molecule has 3 nitrogen and oxygen atoms in total. The van der Waals surface area contributed by atoms with Gasteiger partial charge in [0.2, 0.25) is 0 Å². The molecular weight excluding hydrogens is 214 g/mol. The predicted octanol–water partition coefficient (Wildman–Crippen LogP) is 2.05. The van der Waals surface area contributed by atoms with Gasteiger partial charge >= 0.3 is 0 Å². The Morgan fingerprint density at radius 2 is 2.00 bits per heavy atom. The molecule has 0 fully saturated rings. The van der Waals surface area contributed by atoms with Crippen molar-refractivity contribution < 1.29 is 9.47 Å². The lowest BCUT2D eigenvalue weighted by Gasteiger charge is -2.12. The highest BCUT2D eigenvalue weighted by molar-refractivity contribution is 5.57. The maximum absolute atomic E-state index is 5.96. The van der Waals surface area contributed by atoms with Crippen molar-refractivity contribution in [2.45, 2.75) is 45.4 Å². The van der Waals surface area contributed by atoms with E-state index in [0.29, 0.717) is 12.2 Å². The molecule has 0 spiro atoms. The summed E-state index contributed by atoms with van der Waals surface area (Å²) < 4.78 is 11.8. The van der Waals surface area contributed by atoms with Crippen molar-refractivity contribution in [3.8, 4) is 11.5 Å². The molecule has 2 aliphatic heterocycles. The van der Waals surface area contributed by atoms with Gasteiger partial charge in [-0.25, -0.2) is 0 Å². The second-order valence-electron chi connectivity index (χ2n) is 5.12. The largest absolute Gasteiger partial charge is 0.490 e. The van der Waals surface area contributed by atoms with E-state index in [4.69, 9.17) is 9.47 Å². The van der Waals surface area contributed by atoms with Gasteiger partial charge in [0.05, 0.1) is 0 Å². The number of ether oxygens (including phenoxy) is 2. The zero-order chi connectivity index (χ0) is 12.0. The van der Waals surface area contributed by atoms with Crippen LogP contribution >= 0.6 is 0 Å². The Kier molecular flexibility index (Phi) is 2.51. The van der Waals surface area contributed by atoms with E-state index < -0.39 is 0 Å². The van der Waals surface area contributed by atoms with E-state index in [9.17, 15) is 0 Å². The number of hydrogen-bond donors (Lipinski definition) is 1. The number of fused-ring (bicyclic) bond motifs is 2.